The van der Waals surface area contributed by atoms with Crippen molar-refractivity contribution in [2.75, 3.05) is 11.9 Å². The molecule has 0 aromatic heterocycles. The van der Waals surface area contributed by atoms with Crippen molar-refractivity contribution in [1.29, 1.82) is 0 Å². The molecule has 0 N–H and O–H groups in total. The van der Waals surface area contributed by atoms with Gasteiger partial charge < -0.3 is 4.90 Å². The van der Waals surface area contributed by atoms with Crippen molar-refractivity contribution in [2.45, 2.75) is 6.55 Å². The summed E-state index contributed by atoms with van der Waals surface area (Å²) in [6.45, 7) is 6.52. The summed E-state index contributed by atoms with van der Waals surface area (Å²) in [6.07, 6.45) is 0. The van der Waals surface area contributed by atoms with Crippen LogP contribution in [0.3, 0.4) is 0 Å². The standard InChI is InChI=1S/C16H15Br2NSi/c1-4-20(3)15-9-11(17)5-7-13(15)19(2)14-8-6-12(18)10-16(14)20/h4-10H,1H2,2-3H3. The van der Waals surface area contributed by atoms with Crippen molar-refractivity contribution in [2.24, 2.45) is 0 Å². The van der Waals surface area contributed by atoms with E-state index in [0.29, 0.717) is 0 Å². The van der Waals surface area contributed by atoms with Crippen molar-refractivity contribution in [1.82, 2.24) is 0 Å². The number of fused-ring (bicyclic) bond motifs is 2. The fourth-order valence-corrected chi connectivity index (χ4v) is 7.28. The van der Waals surface area contributed by atoms with Crippen LogP contribution in [0.1, 0.15) is 0 Å². The molecule has 0 fully saturated rings. The zero-order valence-electron chi connectivity index (χ0n) is 11.5. The summed E-state index contributed by atoms with van der Waals surface area (Å²) in [5.41, 5.74) is 4.76. The predicted octanol–water partition coefficient (Wildman–Crippen LogP) is 4.21. The van der Waals surface area contributed by atoms with Crippen LogP contribution in [-0.4, -0.2) is 15.1 Å². The Bertz CT molecular complexity index is 658. The number of hydrogen-bond donors (Lipinski definition) is 0. The largest absolute Gasteiger partial charge is 0.345 e. The molecule has 4 heteroatoms. The lowest BCUT2D eigenvalue weighted by Gasteiger charge is -2.39. The molecule has 0 radical (unpaired) electrons. The second kappa shape index (κ2) is 4.86. The molecule has 2 aromatic rings. The van der Waals surface area contributed by atoms with Gasteiger partial charge in [-0.05, 0) is 46.8 Å². The van der Waals surface area contributed by atoms with Crippen LogP contribution in [0.2, 0.25) is 6.55 Å². The third-order valence-electron chi connectivity index (χ3n) is 4.17. The van der Waals surface area contributed by atoms with Crippen LogP contribution in [0, 0.1) is 0 Å². The van der Waals surface area contributed by atoms with Crippen molar-refractivity contribution in [3.05, 3.63) is 57.6 Å². The molecule has 0 atom stereocenters. The maximum atomic E-state index is 4.15. The quantitative estimate of drug-likeness (QED) is 0.638. The first kappa shape index (κ1) is 14.1. The molecule has 0 spiro atoms. The molecule has 1 aliphatic rings. The third-order valence-corrected chi connectivity index (χ3v) is 9.01. The molecule has 20 heavy (non-hydrogen) atoms. The molecule has 0 unspecified atom stereocenters. The summed E-state index contributed by atoms with van der Waals surface area (Å²) in [6, 6.07) is 13.1. The van der Waals surface area contributed by atoms with E-state index in [1.54, 1.807) is 0 Å². The van der Waals surface area contributed by atoms with Gasteiger partial charge in [0.1, 0.15) is 8.07 Å². The van der Waals surface area contributed by atoms with Gasteiger partial charge >= 0.3 is 0 Å². The Morgan fingerprint density at radius 1 is 1.00 bits per heavy atom. The van der Waals surface area contributed by atoms with Crippen LogP contribution < -0.4 is 15.3 Å². The minimum atomic E-state index is -1.89. The number of nitrogens with zero attached hydrogens (tertiary/aromatic N) is 1. The number of benzene rings is 2. The third kappa shape index (κ3) is 1.93. The maximum Gasteiger partial charge on any atom is 0.143 e. The second-order valence-electron chi connectivity index (χ2n) is 5.29. The van der Waals surface area contributed by atoms with E-state index in [4.69, 9.17) is 0 Å². The van der Waals surface area contributed by atoms with Gasteiger partial charge in [-0.15, -0.1) is 6.58 Å². The lowest BCUT2D eigenvalue weighted by atomic mass is 10.2. The van der Waals surface area contributed by atoms with Gasteiger partial charge in [-0.1, -0.05) is 44.1 Å². The van der Waals surface area contributed by atoms with Crippen molar-refractivity contribution < 1.29 is 0 Å². The highest BCUT2D eigenvalue weighted by molar-refractivity contribution is 9.10. The first-order chi connectivity index (χ1) is 9.47. The minimum absolute atomic E-state index is 1.13. The Kier molecular flexibility index (Phi) is 3.43. The van der Waals surface area contributed by atoms with Gasteiger partial charge in [0.2, 0.25) is 0 Å². The molecule has 0 amide bonds. The molecule has 0 bridgehead atoms. The van der Waals surface area contributed by atoms with Crippen molar-refractivity contribution >= 4 is 61.7 Å². The molecule has 0 aliphatic carbocycles. The summed E-state index contributed by atoms with van der Waals surface area (Å²) in [7, 11) is 0.241. The van der Waals surface area contributed by atoms with E-state index in [0.717, 1.165) is 8.95 Å². The predicted molar refractivity (Wildman–Crippen MR) is 97.4 cm³/mol. The molecule has 1 heterocycles. The van der Waals surface area contributed by atoms with E-state index in [1.807, 2.05) is 0 Å². The topological polar surface area (TPSA) is 3.24 Å². The maximum absolute atomic E-state index is 4.15. The molecule has 0 saturated carbocycles. The summed E-state index contributed by atoms with van der Waals surface area (Å²) in [5.74, 6) is 0. The molecule has 2 aromatic carbocycles. The van der Waals surface area contributed by atoms with E-state index in [-0.39, 0.29) is 0 Å². The highest BCUT2D eigenvalue weighted by Crippen LogP contribution is 2.32. The van der Waals surface area contributed by atoms with E-state index in [2.05, 4.69) is 99.0 Å². The number of halogens is 2. The van der Waals surface area contributed by atoms with Crippen LogP contribution >= 0.6 is 31.9 Å². The Morgan fingerprint density at radius 3 is 1.85 bits per heavy atom. The van der Waals surface area contributed by atoms with Crippen LogP contribution in [-0.2, 0) is 0 Å². The van der Waals surface area contributed by atoms with Gasteiger partial charge in [0, 0.05) is 27.4 Å². The summed E-state index contributed by atoms with van der Waals surface area (Å²) >= 11 is 7.21. The van der Waals surface area contributed by atoms with Crippen LogP contribution in [0.4, 0.5) is 11.4 Å². The average molecular weight is 409 g/mol. The van der Waals surface area contributed by atoms with Gasteiger partial charge in [-0.3, -0.25) is 0 Å². The van der Waals surface area contributed by atoms with Crippen LogP contribution in [0.15, 0.2) is 57.6 Å². The molecule has 1 nitrogen and oxygen atoms in total. The molecular formula is C16H15Br2NSi. The van der Waals surface area contributed by atoms with Crippen LogP contribution in [0.25, 0.3) is 0 Å². The van der Waals surface area contributed by atoms with Gasteiger partial charge in [0.25, 0.3) is 0 Å². The van der Waals surface area contributed by atoms with E-state index >= 15 is 0 Å². The normalized spacial score (nSPS) is 15.5. The summed E-state index contributed by atoms with van der Waals surface area (Å²) in [4.78, 5) is 2.28. The minimum Gasteiger partial charge on any atom is -0.345 e. The highest BCUT2D eigenvalue weighted by Gasteiger charge is 2.38. The van der Waals surface area contributed by atoms with E-state index < -0.39 is 8.07 Å². The zero-order chi connectivity index (χ0) is 14.5. The Morgan fingerprint density at radius 2 is 1.45 bits per heavy atom. The molecule has 3 rings (SSSR count). The molecule has 1 aliphatic heterocycles. The first-order valence-electron chi connectivity index (χ1n) is 6.45. The van der Waals surface area contributed by atoms with Gasteiger partial charge in [-0.2, -0.15) is 0 Å². The number of hydrogen-bond acceptors (Lipinski definition) is 1. The SMILES string of the molecule is C=C[Si]1(C)c2cc(Br)ccc2N(C)c2ccc(Br)cc21. The van der Waals surface area contributed by atoms with Crippen LogP contribution in [0.5, 0.6) is 0 Å². The number of anilines is 2. The summed E-state index contributed by atoms with van der Waals surface area (Å²) in [5, 5.41) is 2.82. The zero-order valence-corrected chi connectivity index (χ0v) is 15.6. The lowest BCUT2D eigenvalue weighted by Crippen LogP contribution is -2.59. The number of rotatable bonds is 1. The van der Waals surface area contributed by atoms with Gasteiger partial charge in [0.15, 0.2) is 0 Å². The fraction of sp³-hybridized carbons (Fsp3) is 0.125. The lowest BCUT2D eigenvalue weighted by molar-refractivity contribution is 1.21. The first-order valence-corrected chi connectivity index (χ1v) is 10.6. The highest BCUT2D eigenvalue weighted by atomic mass is 79.9. The monoisotopic (exact) mass is 407 g/mol. The Balaban J connectivity index is 2.38. The smallest absolute Gasteiger partial charge is 0.143 e. The van der Waals surface area contributed by atoms with E-state index in [9.17, 15) is 0 Å². The van der Waals surface area contributed by atoms with Crippen molar-refractivity contribution in [3.63, 3.8) is 0 Å². The van der Waals surface area contributed by atoms with Gasteiger partial charge in [0.05, 0.1) is 0 Å². The van der Waals surface area contributed by atoms with E-state index in [1.165, 1.54) is 21.7 Å². The molecule has 102 valence electrons. The van der Waals surface area contributed by atoms with Crippen molar-refractivity contribution in [3.8, 4) is 0 Å². The fourth-order valence-electron chi connectivity index (χ4n) is 2.93. The molecular weight excluding hydrogens is 394 g/mol. The Labute approximate surface area is 137 Å². The average Bonchev–Trinajstić information content (AvgIpc) is 2.44. The summed E-state index contributed by atoms with van der Waals surface area (Å²) < 4.78 is 2.26. The van der Waals surface area contributed by atoms with Gasteiger partial charge in [-0.25, -0.2) is 0 Å². The Hall–Kier alpha value is -0.843. The molecule has 0 saturated heterocycles. The second-order valence-corrected chi connectivity index (χ2v) is 11.0.